The Morgan fingerprint density at radius 3 is 2.64 bits per heavy atom. The number of amides is 1. The molecule has 0 unspecified atom stereocenters. The second-order valence-electron chi connectivity index (χ2n) is 5.89. The van der Waals surface area contributed by atoms with Gasteiger partial charge in [-0.25, -0.2) is 4.39 Å². The van der Waals surface area contributed by atoms with E-state index in [0.717, 1.165) is 25.9 Å². The van der Waals surface area contributed by atoms with Crippen LogP contribution >= 0.6 is 0 Å². The fourth-order valence-electron chi connectivity index (χ4n) is 3.10. The molecule has 0 radical (unpaired) electrons. The number of rotatable bonds is 3. The molecule has 0 aliphatic carbocycles. The van der Waals surface area contributed by atoms with Gasteiger partial charge in [0.2, 0.25) is 0 Å². The number of benzene rings is 1. The summed E-state index contributed by atoms with van der Waals surface area (Å²) in [6.07, 6.45) is 1.65. The van der Waals surface area contributed by atoms with Crippen LogP contribution in [-0.2, 0) is 9.53 Å². The van der Waals surface area contributed by atoms with Crippen LogP contribution in [0.15, 0.2) is 24.3 Å². The third-order valence-corrected chi connectivity index (χ3v) is 4.42. The molecule has 2 aliphatic rings. The summed E-state index contributed by atoms with van der Waals surface area (Å²) in [5, 5.41) is 0. The van der Waals surface area contributed by atoms with E-state index < -0.39 is 5.72 Å². The molecule has 0 atom stereocenters. The average molecular weight is 308 g/mol. The Morgan fingerprint density at radius 2 is 1.95 bits per heavy atom. The fourth-order valence-corrected chi connectivity index (χ4v) is 3.10. The van der Waals surface area contributed by atoms with Crippen molar-refractivity contribution in [3.63, 3.8) is 0 Å². The van der Waals surface area contributed by atoms with Crippen molar-refractivity contribution in [3.05, 3.63) is 30.1 Å². The minimum atomic E-state index is -0.463. The number of ether oxygens (including phenoxy) is 2. The quantitative estimate of drug-likeness (QED) is 0.848. The molecule has 6 heteroatoms. The summed E-state index contributed by atoms with van der Waals surface area (Å²) in [5.41, 5.74) is -0.463. The lowest BCUT2D eigenvalue weighted by molar-refractivity contribution is -0.159. The highest BCUT2D eigenvalue weighted by Crippen LogP contribution is 2.33. The Hall–Kier alpha value is -1.66. The Bertz CT molecular complexity index is 527. The van der Waals surface area contributed by atoms with Gasteiger partial charge >= 0.3 is 0 Å². The van der Waals surface area contributed by atoms with Crippen LogP contribution in [0.1, 0.15) is 12.8 Å². The summed E-state index contributed by atoms with van der Waals surface area (Å²) < 4.78 is 24.2. The van der Waals surface area contributed by atoms with E-state index in [1.807, 2.05) is 4.90 Å². The number of carbonyl (C=O) groups is 1. The zero-order valence-electron chi connectivity index (χ0n) is 12.8. The van der Waals surface area contributed by atoms with Gasteiger partial charge in [-0.1, -0.05) is 0 Å². The van der Waals surface area contributed by atoms with E-state index in [4.69, 9.17) is 9.47 Å². The molecule has 1 amide bonds. The first kappa shape index (κ1) is 15.2. The molecule has 2 heterocycles. The summed E-state index contributed by atoms with van der Waals surface area (Å²) in [5.74, 6) is 0.0931. The number of hydrogen-bond acceptors (Lipinski definition) is 4. The average Bonchev–Trinajstić information content (AvgIpc) is 2.93. The van der Waals surface area contributed by atoms with Crippen LogP contribution in [0.5, 0.6) is 5.75 Å². The van der Waals surface area contributed by atoms with Crippen LogP contribution in [0.4, 0.5) is 4.39 Å². The van der Waals surface area contributed by atoms with Crippen molar-refractivity contribution in [1.82, 2.24) is 9.80 Å². The molecule has 0 saturated carbocycles. The normalized spacial score (nSPS) is 21.3. The number of nitrogens with zero attached hydrogens (tertiary/aromatic N) is 2. The van der Waals surface area contributed by atoms with Crippen LogP contribution in [0.3, 0.4) is 0 Å². The molecule has 1 aromatic carbocycles. The highest BCUT2D eigenvalue weighted by Gasteiger charge is 2.46. The molecule has 0 N–H and O–H groups in total. The van der Waals surface area contributed by atoms with Crippen molar-refractivity contribution >= 4 is 5.91 Å². The van der Waals surface area contributed by atoms with Crippen molar-refractivity contribution < 1.29 is 18.7 Å². The molecule has 2 saturated heterocycles. The molecule has 5 nitrogen and oxygen atoms in total. The van der Waals surface area contributed by atoms with Crippen molar-refractivity contribution in [1.29, 1.82) is 0 Å². The van der Waals surface area contributed by atoms with Crippen LogP contribution in [0.25, 0.3) is 0 Å². The van der Waals surface area contributed by atoms with Crippen molar-refractivity contribution in [3.8, 4) is 5.75 Å². The molecular weight excluding hydrogens is 287 g/mol. The molecule has 0 aromatic heterocycles. The molecular formula is C16H21FN2O3. The van der Waals surface area contributed by atoms with Gasteiger partial charge in [-0.15, -0.1) is 0 Å². The lowest BCUT2D eigenvalue weighted by Crippen LogP contribution is -2.55. The second-order valence-corrected chi connectivity index (χ2v) is 5.89. The summed E-state index contributed by atoms with van der Waals surface area (Å²) in [6.45, 7) is 2.97. The van der Waals surface area contributed by atoms with Gasteiger partial charge in [0.15, 0.2) is 6.61 Å². The number of carbonyl (C=O) groups excluding carboxylic acids is 1. The van der Waals surface area contributed by atoms with E-state index in [-0.39, 0.29) is 18.3 Å². The van der Waals surface area contributed by atoms with Crippen molar-refractivity contribution in [2.24, 2.45) is 0 Å². The largest absolute Gasteiger partial charge is 0.484 e. The first-order valence-electron chi connectivity index (χ1n) is 7.60. The van der Waals surface area contributed by atoms with Gasteiger partial charge in [-0.05, 0) is 31.3 Å². The highest BCUT2D eigenvalue weighted by molar-refractivity contribution is 5.78. The van der Waals surface area contributed by atoms with E-state index in [9.17, 15) is 9.18 Å². The lowest BCUT2D eigenvalue weighted by Gasteiger charge is -2.42. The van der Waals surface area contributed by atoms with E-state index in [0.29, 0.717) is 18.9 Å². The number of halogens is 1. The second kappa shape index (κ2) is 6.22. The third-order valence-electron chi connectivity index (χ3n) is 4.42. The molecule has 1 spiro atoms. The first-order valence-corrected chi connectivity index (χ1v) is 7.60. The van der Waals surface area contributed by atoms with Crippen molar-refractivity contribution in [2.45, 2.75) is 18.6 Å². The van der Waals surface area contributed by atoms with E-state index in [2.05, 4.69) is 11.9 Å². The summed E-state index contributed by atoms with van der Waals surface area (Å²) in [4.78, 5) is 16.5. The summed E-state index contributed by atoms with van der Waals surface area (Å²) in [6, 6.07) is 5.68. The summed E-state index contributed by atoms with van der Waals surface area (Å²) in [7, 11) is 2.08. The number of hydrogen-bond donors (Lipinski definition) is 0. The predicted octanol–water partition coefficient (Wildman–Crippen LogP) is 1.49. The molecule has 3 rings (SSSR count). The van der Waals surface area contributed by atoms with E-state index >= 15 is 0 Å². The maximum Gasteiger partial charge on any atom is 0.262 e. The molecule has 0 bridgehead atoms. The molecule has 120 valence electrons. The maximum atomic E-state index is 12.9. The monoisotopic (exact) mass is 308 g/mol. The minimum absolute atomic E-state index is 0.0490. The molecule has 2 aliphatic heterocycles. The smallest absolute Gasteiger partial charge is 0.262 e. The van der Waals surface area contributed by atoms with E-state index in [1.165, 1.54) is 24.3 Å². The van der Waals surface area contributed by atoms with E-state index in [1.54, 1.807) is 0 Å². The van der Waals surface area contributed by atoms with Gasteiger partial charge in [0.25, 0.3) is 5.91 Å². The van der Waals surface area contributed by atoms with Gasteiger partial charge in [-0.2, -0.15) is 0 Å². The van der Waals surface area contributed by atoms with Crippen LogP contribution in [0.2, 0.25) is 0 Å². The van der Waals surface area contributed by atoms with Crippen LogP contribution in [0, 0.1) is 5.82 Å². The van der Waals surface area contributed by atoms with Crippen LogP contribution in [-0.4, -0.2) is 61.3 Å². The maximum absolute atomic E-state index is 12.9. The number of piperidine rings is 1. The minimum Gasteiger partial charge on any atom is -0.484 e. The van der Waals surface area contributed by atoms with Gasteiger partial charge in [0, 0.05) is 32.5 Å². The predicted molar refractivity (Wildman–Crippen MR) is 79.0 cm³/mol. The Morgan fingerprint density at radius 1 is 1.27 bits per heavy atom. The Kier molecular flexibility index (Phi) is 4.31. The SMILES string of the molecule is CN1CCC2(CC1)OCCN2C(=O)COc1ccc(F)cc1. The van der Waals surface area contributed by atoms with Gasteiger partial charge in [0.05, 0.1) is 6.61 Å². The zero-order chi connectivity index (χ0) is 15.6. The lowest BCUT2D eigenvalue weighted by atomic mass is 9.99. The first-order chi connectivity index (χ1) is 10.6. The Labute approximate surface area is 129 Å². The molecule has 1 aromatic rings. The van der Waals surface area contributed by atoms with Gasteiger partial charge < -0.3 is 19.3 Å². The fraction of sp³-hybridized carbons (Fsp3) is 0.562. The highest BCUT2D eigenvalue weighted by atomic mass is 19.1. The Balaban J connectivity index is 1.60. The molecule has 2 fully saturated rings. The third kappa shape index (κ3) is 3.08. The molecule has 22 heavy (non-hydrogen) atoms. The summed E-state index contributed by atoms with van der Waals surface area (Å²) >= 11 is 0. The van der Waals surface area contributed by atoms with Crippen molar-refractivity contribution in [2.75, 3.05) is 39.9 Å². The van der Waals surface area contributed by atoms with Gasteiger partial charge in [0.1, 0.15) is 17.3 Å². The standard InChI is InChI=1S/C16H21FN2O3/c1-18-8-6-16(7-9-18)19(10-11-22-16)15(20)12-21-14-4-2-13(17)3-5-14/h2-5H,6-12H2,1H3. The number of likely N-dealkylation sites (tertiary alicyclic amines) is 1. The van der Waals surface area contributed by atoms with Crippen LogP contribution < -0.4 is 4.74 Å². The zero-order valence-corrected chi connectivity index (χ0v) is 12.8. The van der Waals surface area contributed by atoms with Gasteiger partial charge in [-0.3, -0.25) is 4.79 Å². The topological polar surface area (TPSA) is 42.0 Å².